The molecule has 0 N–H and O–H groups in total. The van der Waals surface area contributed by atoms with Crippen molar-refractivity contribution in [3.63, 3.8) is 0 Å². The van der Waals surface area contributed by atoms with Gasteiger partial charge in [-0.2, -0.15) is 0 Å². The molecule has 2 aromatic rings. The molecule has 1 aliphatic heterocycles. The van der Waals surface area contributed by atoms with Crippen LogP contribution in [-0.2, 0) is 10.0 Å². The second-order valence-electron chi connectivity index (χ2n) is 6.82. The number of ether oxygens (including phenoxy) is 2. The van der Waals surface area contributed by atoms with Gasteiger partial charge in [0.25, 0.3) is 17.7 Å². The Hall–Kier alpha value is -2.72. The average Bonchev–Trinajstić information content (AvgIpc) is 2.74. The molecule has 1 saturated heterocycles. The number of nitrogens with zero attached hydrogens (tertiary/aromatic N) is 4. The van der Waals surface area contributed by atoms with Gasteiger partial charge in [-0.3, -0.25) is 4.79 Å². The lowest BCUT2D eigenvalue weighted by molar-refractivity contribution is 0.0519. The number of hydrogen-bond donors (Lipinski definition) is 0. The SMILES string of the molecule is COc1nccnc1OC1CCCN(C(=O)c2ccc(S(=O)(=O)N(C)C)cc2)C1. The molecule has 1 aliphatic rings. The molecule has 0 saturated carbocycles. The van der Waals surface area contributed by atoms with Crippen LogP contribution in [0.2, 0.25) is 0 Å². The van der Waals surface area contributed by atoms with E-state index in [0.717, 1.165) is 17.1 Å². The van der Waals surface area contributed by atoms with Gasteiger partial charge in [0.2, 0.25) is 10.0 Å². The van der Waals surface area contributed by atoms with E-state index < -0.39 is 10.0 Å². The number of sulfonamides is 1. The Bertz CT molecular complexity index is 963. The Balaban J connectivity index is 1.69. The minimum atomic E-state index is -3.53. The van der Waals surface area contributed by atoms with E-state index in [9.17, 15) is 13.2 Å². The normalized spacial score (nSPS) is 17.2. The number of amides is 1. The number of carbonyl (C=O) groups is 1. The van der Waals surface area contributed by atoms with Crippen molar-refractivity contribution in [3.8, 4) is 11.8 Å². The third-order valence-corrected chi connectivity index (χ3v) is 6.48. The second-order valence-corrected chi connectivity index (χ2v) is 8.97. The molecule has 156 valence electrons. The Morgan fingerprint density at radius 2 is 1.79 bits per heavy atom. The Morgan fingerprint density at radius 1 is 1.14 bits per heavy atom. The number of methoxy groups -OCH3 is 1. The van der Waals surface area contributed by atoms with Crippen LogP contribution in [0, 0.1) is 0 Å². The van der Waals surface area contributed by atoms with Crippen LogP contribution in [0.25, 0.3) is 0 Å². The van der Waals surface area contributed by atoms with Gasteiger partial charge >= 0.3 is 0 Å². The molecular formula is C19H24N4O5S. The quantitative estimate of drug-likeness (QED) is 0.696. The second kappa shape index (κ2) is 8.75. The fraction of sp³-hybridized carbons (Fsp3) is 0.421. The van der Waals surface area contributed by atoms with Gasteiger partial charge in [0.05, 0.1) is 18.6 Å². The molecule has 29 heavy (non-hydrogen) atoms. The minimum absolute atomic E-state index is 0.147. The van der Waals surface area contributed by atoms with E-state index in [1.165, 1.54) is 57.9 Å². The third kappa shape index (κ3) is 4.65. The van der Waals surface area contributed by atoms with E-state index in [-0.39, 0.29) is 16.9 Å². The van der Waals surface area contributed by atoms with Crippen LogP contribution >= 0.6 is 0 Å². The highest BCUT2D eigenvalue weighted by molar-refractivity contribution is 7.89. The maximum absolute atomic E-state index is 12.9. The molecule has 0 radical (unpaired) electrons. The van der Waals surface area contributed by atoms with E-state index in [1.54, 1.807) is 4.90 Å². The molecule has 2 heterocycles. The van der Waals surface area contributed by atoms with Gasteiger partial charge in [-0.25, -0.2) is 22.7 Å². The molecule has 1 atom stereocenters. The van der Waals surface area contributed by atoms with Crippen molar-refractivity contribution in [3.05, 3.63) is 42.2 Å². The van der Waals surface area contributed by atoms with Crippen LogP contribution in [0.1, 0.15) is 23.2 Å². The monoisotopic (exact) mass is 420 g/mol. The zero-order chi connectivity index (χ0) is 21.0. The Morgan fingerprint density at radius 3 is 2.41 bits per heavy atom. The van der Waals surface area contributed by atoms with Gasteiger partial charge in [-0.05, 0) is 37.1 Å². The summed E-state index contributed by atoms with van der Waals surface area (Å²) < 4.78 is 36.5. The van der Waals surface area contributed by atoms with Crippen molar-refractivity contribution in [2.75, 3.05) is 34.3 Å². The molecule has 0 spiro atoms. The van der Waals surface area contributed by atoms with E-state index >= 15 is 0 Å². The molecule has 1 fully saturated rings. The molecular weight excluding hydrogens is 396 g/mol. The minimum Gasteiger partial charge on any atom is -0.477 e. The number of rotatable bonds is 6. The molecule has 10 heteroatoms. The maximum Gasteiger partial charge on any atom is 0.278 e. The summed E-state index contributed by atoms with van der Waals surface area (Å²) in [5.41, 5.74) is 0.431. The van der Waals surface area contributed by atoms with Crippen molar-refractivity contribution in [1.29, 1.82) is 0 Å². The number of carbonyl (C=O) groups excluding carboxylic acids is 1. The summed E-state index contributed by atoms with van der Waals surface area (Å²) in [5.74, 6) is 0.430. The van der Waals surface area contributed by atoms with E-state index in [0.29, 0.717) is 30.4 Å². The number of likely N-dealkylation sites (tertiary alicyclic amines) is 1. The zero-order valence-corrected chi connectivity index (χ0v) is 17.4. The number of piperidine rings is 1. The smallest absolute Gasteiger partial charge is 0.278 e. The first-order valence-corrected chi connectivity index (χ1v) is 10.6. The molecule has 1 unspecified atom stereocenters. The lowest BCUT2D eigenvalue weighted by Gasteiger charge is -2.32. The van der Waals surface area contributed by atoms with Crippen LogP contribution in [0.3, 0.4) is 0 Å². The van der Waals surface area contributed by atoms with Crippen molar-refractivity contribution in [2.45, 2.75) is 23.8 Å². The molecule has 0 aliphatic carbocycles. The van der Waals surface area contributed by atoms with Gasteiger partial charge < -0.3 is 14.4 Å². The predicted molar refractivity (Wildman–Crippen MR) is 105 cm³/mol. The molecule has 1 aromatic carbocycles. The lowest BCUT2D eigenvalue weighted by Crippen LogP contribution is -2.44. The molecule has 9 nitrogen and oxygen atoms in total. The first kappa shape index (κ1) is 21.0. The van der Waals surface area contributed by atoms with Crippen molar-refractivity contribution < 1.29 is 22.7 Å². The number of aromatic nitrogens is 2. The summed E-state index contributed by atoms with van der Waals surface area (Å²) in [6.07, 6.45) is 4.37. The average molecular weight is 420 g/mol. The summed E-state index contributed by atoms with van der Waals surface area (Å²) in [5, 5.41) is 0. The van der Waals surface area contributed by atoms with Gasteiger partial charge in [0.15, 0.2) is 0 Å². The predicted octanol–water partition coefficient (Wildman–Crippen LogP) is 1.42. The van der Waals surface area contributed by atoms with Gasteiger partial charge in [0, 0.05) is 38.6 Å². The molecule has 3 rings (SSSR count). The van der Waals surface area contributed by atoms with Crippen LogP contribution < -0.4 is 9.47 Å². The van der Waals surface area contributed by atoms with Crippen LogP contribution in [0.5, 0.6) is 11.8 Å². The molecule has 0 bridgehead atoms. The number of hydrogen-bond acceptors (Lipinski definition) is 7. The summed E-state index contributed by atoms with van der Waals surface area (Å²) in [4.78, 5) is 22.9. The Kier molecular flexibility index (Phi) is 6.33. The first-order valence-electron chi connectivity index (χ1n) is 9.16. The summed E-state index contributed by atoms with van der Waals surface area (Å²) in [6, 6.07) is 5.97. The summed E-state index contributed by atoms with van der Waals surface area (Å²) in [6.45, 7) is 1.00. The highest BCUT2D eigenvalue weighted by Crippen LogP contribution is 2.24. The van der Waals surface area contributed by atoms with Crippen molar-refractivity contribution in [2.24, 2.45) is 0 Å². The lowest BCUT2D eigenvalue weighted by atomic mass is 10.1. The standard InChI is InChI=1S/C19H24N4O5S/c1-22(2)29(25,26)16-8-6-14(7-9-16)19(24)23-12-4-5-15(13-23)28-18-17(27-3)20-10-11-21-18/h6-11,15H,4-5,12-13H2,1-3H3. The van der Waals surface area contributed by atoms with Gasteiger partial charge in [-0.1, -0.05) is 0 Å². The van der Waals surface area contributed by atoms with E-state index in [4.69, 9.17) is 9.47 Å². The maximum atomic E-state index is 12.9. The largest absolute Gasteiger partial charge is 0.477 e. The van der Waals surface area contributed by atoms with Crippen LogP contribution in [0.15, 0.2) is 41.6 Å². The third-order valence-electron chi connectivity index (χ3n) is 4.65. The van der Waals surface area contributed by atoms with E-state index in [1.807, 2.05) is 0 Å². The fourth-order valence-corrected chi connectivity index (χ4v) is 3.97. The van der Waals surface area contributed by atoms with Gasteiger partial charge in [0.1, 0.15) is 6.10 Å². The summed E-state index contributed by atoms with van der Waals surface area (Å²) >= 11 is 0. The molecule has 1 amide bonds. The van der Waals surface area contributed by atoms with Crippen LogP contribution in [0.4, 0.5) is 0 Å². The topological polar surface area (TPSA) is 102 Å². The van der Waals surface area contributed by atoms with Crippen molar-refractivity contribution in [1.82, 2.24) is 19.2 Å². The Labute approximate surface area is 170 Å². The zero-order valence-electron chi connectivity index (χ0n) is 16.6. The highest BCUT2D eigenvalue weighted by atomic mass is 32.2. The highest BCUT2D eigenvalue weighted by Gasteiger charge is 2.27. The molecule has 1 aromatic heterocycles. The fourth-order valence-electron chi connectivity index (χ4n) is 3.07. The van der Waals surface area contributed by atoms with Crippen LogP contribution in [-0.4, -0.2) is 73.9 Å². The van der Waals surface area contributed by atoms with Crippen molar-refractivity contribution >= 4 is 15.9 Å². The summed E-state index contributed by atoms with van der Waals surface area (Å²) in [7, 11) is 0.897. The number of benzene rings is 1. The van der Waals surface area contributed by atoms with Gasteiger partial charge in [-0.15, -0.1) is 0 Å². The first-order chi connectivity index (χ1) is 13.8. The van der Waals surface area contributed by atoms with E-state index in [2.05, 4.69) is 9.97 Å².